The van der Waals surface area contributed by atoms with Gasteiger partial charge in [0.15, 0.2) is 0 Å². The van der Waals surface area contributed by atoms with Gasteiger partial charge in [0.2, 0.25) is 11.8 Å². The van der Waals surface area contributed by atoms with Gasteiger partial charge in [0.1, 0.15) is 12.1 Å². The van der Waals surface area contributed by atoms with Crippen molar-refractivity contribution >= 4 is 29.3 Å². The summed E-state index contributed by atoms with van der Waals surface area (Å²) in [5.41, 5.74) is 1.89. The molecule has 2 rings (SSSR count). The SMILES string of the molecule is CCC(C)C(NC(=O)/C=C1/c2ccccc2C(=O)NC1C(C)CC)C(=O)N[C@H](C(=O)O)[C@@H](C)CC. The fraction of sp³-hybridized carbons (Fsp3) is 0.556. The summed E-state index contributed by atoms with van der Waals surface area (Å²) in [6.07, 6.45) is 3.47. The lowest BCUT2D eigenvalue weighted by molar-refractivity contribution is -0.144. The minimum absolute atomic E-state index is 0.0897. The van der Waals surface area contributed by atoms with Crippen LogP contribution in [-0.4, -0.2) is 46.9 Å². The van der Waals surface area contributed by atoms with E-state index >= 15 is 0 Å². The van der Waals surface area contributed by atoms with Gasteiger partial charge in [-0.2, -0.15) is 0 Å². The van der Waals surface area contributed by atoms with Crippen LogP contribution in [0.2, 0.25) is 0 Å². The van der Waals surface area contributed by atoms with Crippen LogP contribution in [0, 0.1) is 17.8 Å². The van der Waals surface area contributed by atoms with Crippen LogP contribution in [-0.2, 0) is 14.4 Å². The summed E-state index contributed by atoms with van der Waals surface area (Å²) in [6.45, 7) is 11.4. The summed E-state index contributed by atoms with van der Waals surface area (Å²) in [7, 11) is 0. The highest BCUT2D eigenvalue weighted by Gasteiger charge is 2.34. The Labute approximate surface area is 207 Å². The monoisotopic (exact) mass is 485 g/mol. The predicted molar refractivity (Wildman–Crippen MR) is 136 cm³/mol. The van der Waals surface area contributed by atoms with E-state index in [1.807, 2.05) is 46.8 Å². The molecule has 1 aromatic carbocycles. The van der Waals surface area contributed by atoms with Crippen molar-refractivity contribution in [2.75, 3.05) is 0 Å². The van der Waals surface area contributed by atoms with Crippen molar-refractivity contribution in [2.24, 2.45) is 17.8 Å². The van der Waals surface area contributed by atoms with Gasteiger partial charge in [0.05, 0.1) is 6.04 Å². The van der Waals surface area contributed by atoms with E-state index in [1.54, 1.807) is 19.1 Å². The molecule has 6 atom stereocenters. The number of nitrogens with one attached hydrogen (secondary N) is 3. The maximum atomic E-state index is 13.2. The molecule has 1 aliphatic rings. The average molecular weight is 486 g/mol. The van der Waals surface area contributed by atoms with E-state index < -0.39 is 29.9 Å². The molecule has 8 nitrogen and oxygen atoms in total. The van der Waals surface area contributed by atoms with Gasteiger partial charge in [-0.3, -0.25) is 14.4 Å². The molecule has 4 unspecified atom stereocenters. The van der Waals surface area contributed by atoms with E-state index in [1.165, 1.54) is 6.08 Å². The fourth-order valence-electron chi connectivity index (χ4n) is 4.21. The second-order valence-electron chi connectivity index (χ2n) is 9.56. The molecule has 0 fully saturated rings. The van der Waals surface area contributed by atoms with Gasteiger partial charge in [-0.15, -0.1) is 0 Å². The van der Waals surface area contributed by atoms with Crippen molar-refractivity contribution in [3.8, 4) is 0 Å². The van der Waals surface area contributed by atoms with Crippen LogP contribution in [0.3, 0.4) is 0 Å². The Hall–Kier alpha value is -3.16. The number of carboxylic acids is 1. The van der Waals surface area contributed by atoms with Gasteiger partial charge >= 0.3 is 5.97 Å². The van der Waals surface area contributed by atoms with Crippen molar-refractivity contribution in [1.82, 2.24) is 16.0 Å². The summed E-state index contributed by atoms with van der Waals surface area (Å²) in [4.78, 5) is 50.7. The summed E-state index contributed by atoms with van der Waals surface area (Å²) in [5.74, 6) is -2.64. The molecule has 0 saturated heterocycles. The lowest BCUT2D eigenvalue weighted by atomic mass is 9.82. The number of rotatable bonds is 11. The molecule has 4 N–H and O–H groups in total. The van der Waals surface area contributed by atoms with Crippen molar-refractivity contribution in [1.29, 1.82) is 0 Å². The highest BCUT2D eigenvalue weighted by atomic mass is 16.4. The van der Waals surface area contributed by atoms with Crippen molar-refractivity contribution in [2.45, 2.75) is 78.9 Å². The van der Waals surface area contributed by atoms with Crippen LogP contribution >= 0.6 is 0 Å². The number of fused-ring (bicyclic) bond motifs is 1. The number of carbonyl (C=O) groups excluding carboxylic acids is 3. The predicted octanol–water partition coefficient (Wildman–Crippen LogP) is 3.37. The van der Waals surface area contributed by atoms with Gasteiger partial charge < -0.3 is 21.1 Å². The first kappa shape index (κ1) is 28.1. The number of amides is 3. The van der Waals surface area contributed by atoms with Gasteiger partial charge in [0.25, 0.3) is 5.91 Å². The van der Waals surface area contributed by atoms with E-state index in [9.17, 15) is 24.3 Å². The number of carbonyl (C=O) groups is 4. The Kier molecular flexibility index (Phi) is 10.0. The molecular weight excluding hydrogens is 446 g/mol. The van der Waals surface area contributed by atoms with Crippen molar-refractivity contribution in [3.05, 3.63) is 41.5 Å². The lowest BCUT2D eigenvalue weighted by Crippen LogP contribution is -2.55. The first-order chi connectivity index (χ1) is 16.5. The number of aliphatic carboxylic acids is 1. The van der Waals surface area contributed by atoms with Crippen LogP contribution in [0.15, 0.2) is 30.3 Å². The molecule has 0 aliphatic carbocycles. The average Bonchev–Trinajstić information content (AvgIpc) is 2.85. The van der Waals surface area contributed by atoms with E-state index in [0.29, 0.717) is 29.5 Å². The van der Waals surface area contributed by atoms with Gasteiger partial charge in [-0.25, -0.2) is 4.79 Å². The van der Waals surface area contributed by atoms with Gasteiger partial charge in [-0.1, -0.05) is 79.0 Å². The number of benzene rings is 1. The largest absolute Gasteiger partial charge is 0.480 e. The molecule has 3 amide bonds. The Morgan fingerprint density at radius 2 is 1.51 bits per heavy atom. The van der Waals surface area contributed by atoms with Gasteiger partial charge in [0, 0.05) is 11.6 Å². The molecule has 0 spiro atoms. The molecule has 0 aromatic heterocycles. The first-order valence-corrected chi connectivity index (χ1v) is 12.5. The molecule has 1 aliphatic heterocycles. The normalized spacial score (nSPS) is 20.6. The first-order valence-electron chi connectivity index (χ1n) is 12.5. The third-order valence-electron chi connectivity index (χ3n) is 7.17. The molecular formula is C27H39N3O5. The van der Waals surface area contributed by atoms with Crippen LogP contribution in [0.25, 0.3) is 5.57 Å². The Morgan fingerprint density at radius 3 is 2.06 bits per heavy atom. The third kappa shape index (κ3) is 6.71. The number of carboxylic acid groups (broad SMARTS) is 1. The smallest absolute Gasteiger partial charge is 0.326 e. The maximum Gasteiger partial charge on any atom is 0.326 e. The second-order valence-corrected chi connectivity index (χ2v) is 9.56. The standard InChI is InChI=1S/C27H39N3O5/c1-7-15(4)22-20(18-12-10-11-13-19(18)25(32)29-22)14-21(31)28-23(16(5)8-2)26(33)30-24(27(34)35)17(6)9-3/h10-17,22-24H,7-9H2,1-6H3,(H,28,31)(H,29,32)(H,30,33)(H,34,35)/b20-14-/t15?,16?,17-,22?,23?,24-/m0/s1. The molecule has 192 valence electrons. The quantitative estimate of drug-likeness (QED) is 0.358. The third-order valence-corrected chi connectivity index (χ3v) is 7.17. The van der Waals surface area contributed by atoms with E-state index in [-0.39, 0.29) is 29.7 Å². The van der Waals surface area contributed by atoms with Crippen LogP contribution < -0.4 is 16.0 Å². The van der Waals surface area contributed by atoms with Crippen LogP contribution in [0.5, 0.6) is 0 Å². The number of hydrogen-bond acceptors (Lipinski definition) is 4. The van der Waals surface area contributed by atoms with Gasteiger partial charge in [-0.05, 0) is 35.0 Å². The van der Waals surface area contributed by atoms with E-state index in [4.69, 9.17) is 0 Å². The summed E-state index contributed by atoms with van der Waals surface area (Å²) in [5, 5.41) is 18.0. The molecule has 0 saturated carbocycles. The summed E-state index contributed by atoms with van der Waals surface area (Å²) < 4.78 is 0. The molecule has 0 bridgehead atoms. The highest BCUT2D eigenvalue weighted by molar-refractivity contribution is 6.07. The Morgan fingerprint density at radius 1 is 0.943 bits per heavy atom. The maximum absolute atomic E-state index is 13.2. The zero-order valence-electron chi connectivity index (χ0n) is 21.6. The minimum Gasteiger partial charge on any atom is -0.480 e. The summed E-state index contributed by atoms with van der Waals surface area (Å²) >= 11 is 0. The number of hydrogen-bond donors (Lipinski definition) is 4. The lowest BCUT2D eigenvalue weighted by Gasteiger charge is -2.33. The Balaban J connectivity index is 2.37. The Bertz CT molecular complexity index is 973. The minimum atomic E-state index is -1.10. The molecule has 0 radical (unpaired) electrons. The highest BCUT2D eigenvalue weighted by Crippen LogP contribution is 2.31. The van der Waals surface area contributed by atoms with E-state index in [0.717, 1.165) is 6.42 Å². The fourth-order valence-corrected chi connectivity index (χ4v) is 4.21. The van der Waals surface area contributed by atoms with E-state index in [2.05, 4.69) is 16.0 Å². The van der Waals surface area contributed by atoms with Crippen molar-refractivity contribution in [3.63, 3.8) is 0 Å². The molecule has 1 heterocycles. The molecule has 1 aromatic rings. The zero-order chi connectivity index (χ0) is 26.3. The van der Waals surface area contributed by atoms with Crippen LogP contribution in [0.1, 0.15) is 76.7 Å². The summed E-state index contributed by atoms with van der Waals surface area (Å²) in [6, 6.07) is 4.87. The molecule has 35 heavy (non-hydrogen) atoms. The molecule has 8 heteroatoms. The van der Waals surface area contributed by atoms with Crippen LogP contribution in [0.4, 0.5) is 0 Å². The zero-order valence-corrected chi connectivity index (χ0v) is 21.6. The second kappa shape index (κ2) is 12.5. The topological polar surface area (TPSA) is 125 Å². The van der Waals surface area contributed by atoms with Crippen molar-refractivity contribution < 1.29 is 24.3 Å².